The Balaban J connectivity index is 1.62. The van der Waals surface area contributed by atoms with Gasteiger partial charge in [0.25, 0.3) is 5.56 Å². The summed E-state index contributed by atoms with van der Waals surface area (Å²) in [4.78, 5) is 33.1. The van der Waals surface area contributed by atoms with Gasteiger partial charge in [0.15, 0.2) is 0 Å². The molecule has 0 saturated carbocycles. The maximum Gasteiger partial charge on any atom is 0.259 e. The van der Waals surface area contributed by atoms with Gasteiger partial charge in [0.1, 0.15) is 16.5 Å². The van der Waals surface area contributed by atoms with Crippen molar-refractivity contribution in [1.82, 2.24) is 9.97 Å². The number of carbonyl (C=O) groups is 1. The highest BCUT2D eigenvalue weighted by molar-refractivity contribution is 7.99. The molecule has 0 fully saturated rings. The van der Waals surface area contributed by atoms with E-state index in [1.807, 2.05) is 13.8 Å². The van der Waals surface area contributed by atoms with Crippen molar-refractivity contribution in [3.63, 3.8) is 0 Å². The Kier molecular flexibility index (Phi) is 5.19. The zero-order valence-corrected chi connectivity index (χ0v) is 15.3. The molecule has 0 radical (unpaired) electrons. The number of hydrogen-bond donors (Lipinski definition) is 2. The maximum atomic E-state index is 13.5. The van der Waals surface area contributed by atoms with Gasteiger partial charge in [-0.2, -0.15) is 0 Å². The summed E-state index contributed by atoms with van der Waals surface area (Å²) in [6.07, 6.45) is 0. The quantitative estimate of drug-likeness (QED) is 0.712. The third-order valence-electron chi connectivity index (χ3n) is 3.71. The highest BCUT2D eigenvalue weighted by Gasteiger charge is 2.12. The molecule has 5 nitrogen and oxygen atoms in total. The summed E-state index contributed by atoms with van der Waals surface area (Å²) in [5.41, 5.74) is 0.959. The van der Waals surface area contributed by atoms with Crippen molar-refractivity contribution >= 4 is 44.9 Å². The van der Waals surface area contributed by atoms with E-state index in [1.54, 1.807) is 12.1 Å². The van der Waals surface area contributed by atoms with Crippen LogP contribution in [0.3, 0.4) is 0 Å². The number of para-hydroxylation sites is 1. The van der Waals surface area contributed by atoms with Gasteiger partial charge in [0.05, 0.1) is 22.6 Å². The molecule has 0 aliphatic heterocycles. The van der Waals surface area contributed by atoms with E-state index in [1.165, 1.54) is 35.2 Å². The van der Waals surface area contributed by atoms with Crippen molar-refractivity contribution in [3.8, 4) is 0 Å². The van der Waals surface area contributed by atoms with Crippen molar-refractivity contribution in [3.05, 3.63) is 56.7 Å². The number of amides is 1. The van der Waals surface area contributed by atoms with Crippen molar-refractivity contribution in [2.75, 3.05) is 11.1 Å². The van der Waals surface area contributed by atoms with Crippen molar-refractivity contribution in [2.45, 2.75) is 19.6 Å². The smallest absolute Gasteiger partial charge is 0.259 e. The number of anilines is 1. The van der Waals surface area contributed by atoms with E-state index in [0.717, 1.165) is 10.4 Å². The molecule has 1 aromatic carbocycles. The molecule has 0 spiro atoms. The second kappa shape index (κ2) is 7.37. The van der Waals surface area contributed by atoms with Crippen LogP contribution in [0.15, 0.2) is 29.1 Å². The van der Waals surface area contributed by atoms with Crippen LogP contribution in [0.2, 0.25) is 0 Å². The van der Waals surface area contributed by atoms with Gasteiger partial charge in [-0.15, -0.1) is 23.1 Å². The summed E-state index contributed by atoms with van der Waals surface area (Å²) in [7, 11) is 0. The molecule has 0 saturated heterocycles. The molecular weight excluding hydrogens is 361 g/mol. The van der Waals surface area contributed by atoms with Crippen LogP contribution in [0.4, 0.5) is 10.1 Å². The van der Waals surface area contributed by atoms with Gasteiger partial charge in [-0.3, -0.25) is 9.59 Å². The predicted octanol–water partition coefficient (Wildman–Crippen LogP) is 3.61. The summed E-state index contributed by atoms with van der Waals surface area (Å²) in [5.74, 6) is 0.286. The molecule has 130 valence electrons. The van der Waals surface area contributed by atoms with Crippen LogP contribution in [0.25, 0.3) is 10.2 Å². The lowest BCUT2D eigenvalue weighted by atomic mass is 10.2. The van der Waals surface area contributed by atoms with Gasteiger partial charge in [-0.1, -0.05) is 12.1 Å². The maximum absolute atomic E-state index is 13.5. The molecule has 0 aliphatic rings. The van der Waals surface area contributed by atoms with Gasteiger partial charge in [-0.05, 0) is 31.5 Å². The number of thioether (sulfide) groups is 1. The number of nitrogens with one attached hydrogen (secondary N) is 2. The molecule has 0 aliphatic carbocycles. The molecule has 3 rings (SSSR count). The van der Waals surface area contributed by atoms with E-state index in [9.17, 15) is 14.0 Å². The SMILES string of the molecule is Cc1sc2nc(CSCC(=O)Nc3ccccc3F)[nH]c(=O)c2c1C. The molecule has 2 N–H and O–H groups in total. The van der Waals surface area contributed by atoms with Crippen molar-refractivity contribution in [1.29, 1.82) is 0 Å². The zero-order valence-electron chi connectivity index (χ0n) is 13.7. The Morgan fingerprint density at radius 2 is 2.12 bits per heavy atom. The lowest BCUT2D eigenvalue weighted by Gasteiger charge is -2.06. The minimum atomic E-state index is -0.472. The Labute approximate surface area is 151 Å². The number of aryl methyl sites for hydroxylation is 2. The van der Waals surface area contributed by atoms with Crippen LogP contribution in [0, 0.1) is 19.7 Å². The first-order valence-electron chi connectivity index (χ1n) is 7.56. The molecule has 25 heavy (non-hydrogen) atoms. The molecular formula is C17H16FN3O2S2. The minimum absolute atomic E-state index is 0.137. The van der Waals surface area contributed by atoms with Crippen LogP contribution in [0.5, 0.6) is 0 Å². The van der Waals surface area contributed by atoms with Gasteiger partial charge in [0.2, 0.25) is 5.91 Å². The van der Waals surface area contributed by atoms with Crippen LogP contribution in [-0.4, -0.2) is 21.6 Å². The minimum Gasteiger partial charge on any atom is -0.323 e. The topological polar surface area (TPSA) is 74.8 Å². The van der Waals surface area contributed by atoms with E-state index < -0.39 is 5.82 Å². The summed E-state index contributed by atoms with van der Waals surface area (Å²) in [5, 5.41) is 3.16. The highest BCUT2D eigenvalue weighted by Crippen LogP contribution is 2.26. The number of rotatable bonds is 5. The molecule has 1 amide bonds. The zero-order chi connectivity index (χ0) is 18.0. The van der Waals surface area contributed by atoms with Crippen molar-refractivity contribution in [2.24, 2.45) is 0 Å². The first-order chi connectivity index (χ1) is 12.0. The second-order valence-electron chi connectivity index (χ2n) is 5.50. The fourth-order valence-electron chi connectivity index (χ4n) is 2.36. The van der Waals surface area contributed by atoms with Crippen LogP contribution in [0.1, 0.15) is 16.3 Å². The molecule has 2 aromatic heterocycles. The monoisotopic (exact) mass is 377 g/mol. The average Bonchev–Trinajstić information content (AvgIpc) is 2.84. The molecule has 2 heterocycles. The van der Waals surface area contributed by atoms with E-state index in [2.05, 4.69) is 15.3 Å². The average molecular weight is 377 g/mol. The largest absolute Gasteiger partial charge is 0.323 e. The number of halogens is 1. The van der Waals surface area contributed by atoms with Gasteiger partial charge in [0, 0.05) is 4.88 Å². The van der Waals surface area contributed by atoms with E-state index in [0.29, 0.717) is 21.8 Å². The summed E-state index contributed by atoms with van der Waals surface area (Å²) < 4.78 is 13.5. The number of aromatic amines is 1. The summed E-state index contributed by atoms with van der Waals surface area (Å²) >= 11 is 2.79. The number of aromatic nitrogens is 2. The fraction of sp³-hybridized carbons (Fsp3) is 0.235. The second-order valence-corrected chi connectivity index (χ2v) is 7.69. The van der Waals surface area contributed by atoms with Crippen LogP contribution in [-0.2, 0) is 10.5 Å². The third kappa shape index (κ3) is 3.91. The predicted molar refractivity (Wildman–Crippen MR) is 101 cm³/mol. The molecule has 3 aromatic rings. The van der Waals surface area contributed by atoms with Crippen molar-refractivity contribution < 1.29 is 9.18 Å². The first kappa shape index (κ1) is 17.6. The highest BCUT2D eigenvalue weighted by atomic mass is 32.2. The van der Waals surface area contributed by atoms with E-state index in [4.69, 9.17) is 0 Å². The number of benzene rings is 1. The number of fused-ring (bicyclic) bond motifs is 1. The number of hydrogen-bond acceptors (Lipinski definition) is 5. The van der Waals surface area contributed by atoms with Crippen LogP contribution < -0.4 is 10.9 Å². The van der Waals surface area contributed by atoms with Gasteiger partial charge in [-0.25, -0.2) is 9.37 Å². The number of H-pyrrole nitrogens is 1. The van der Waals surface area contributed by atoms with Crippen LogP contribution >= 0.6 is 23.1 Å². The lowest BCUT2D eigenvalue weighted by Crippen LogP contribution is -2.16. The first-order valence-corrected chi connectivity index (χ1v) is 9.54. The molecule has 0 unspecified atom stereocenters. The third-order valence-corrected chi connectivity index (χ3v) is 5.75. The number of thiophene rings is 1. The Morgan fingerprint density at radius 1 is 1.36 bits per heavy atom. The Hall–Kier alpha value is -2.19. The van der Waals surface area contributed by atoms with Gasteiger partial charge < -0.3 is 10.3 Å². The Bertz CT molecular complexity index is 997. The lowest BCUT2D eigenvalue weighted by molar-refractivity contribution is -0.113. The number of carbonyl (C=O) groups excluding carboxylic acids is 1. The van der Waals surface area contributed by atoms with Gasteiger partial charge >= 0.3 is 0 Å². The standard InChI is InChI=1S/C17H16FN3O2S2/c1-9-10(2)25-17-15(9)16(23)20-13(21-17)7-24-8-14(22)19-12-6-4-3-5-11(12)18/h3-6H,7-8H2,1-2H3,(H,19,22)(H,20,21,23). The Morgan fingerprint density at radius 3 is 2.88 bits per heavy atom. The normalized spacial score (nSPS) is 11.0. The summed E-state index contributed by atoms with van der Waals surface area (Å²) in [6, 6.07) is 6.01. The molecule has 0 atom stereocenters. The van der Waals surface area contributed by atoms with E-state index in [-0.39, 0.29) is 22.9 Å². The number of nitrogens with zero attached hydrogens (tertiary/aromatic N) is 1. The fourth-order valence-corrected chi connectivity index (χ4v) is 4.10. The van der Waals surface area contributed by atoms with E-state index >= 15 is 0 Å². The molecule has 8 heteroatoms. The summed E-state index contributed by atoms with van der Waals surface area (Å²) in [6.45, 7) is 3.87. The molecule has 0 bridgehead atoms.